The van der Waals surface area contributed by atoms with E-state index in [1.807, 2.05) is 48.5 Å². The van der Waals surface area contributed by atoms with E-state index in [2.05, 4.69) is 10.1 Å². The number of benzene rings is 2. The van der Waals surface area contributed by atoms with Crippen LogP contribution in [0.5, 0.6) is 0 Å². The first-order chi connectivity index (χ1) is 16.6. The molecule has 188 valence electrons. The quantitative estimate of drug-likeness (QED) is 0.466. The van der Waals surface area contributed by atoms with Crippen molar-refractivity contribution in [3.05, 3.63) is 59.7 Å². The Morgan fingerprint density at radius 1 is 1.00 bits per heavy atom. The largest absolute Gasteiger partial charge is 0.480 e. The van der Waals surface area contributed by atoms with Gasteiger partial charge < -0.3 is 25.2 Å². The van der Waals surface area contributed by atoms with Crippen molar-refractivity contribution in [2.75, 3.05) is 20.3 Å². The van der Waals surface area contributed by atoms with Crippen LogP contribution < -0.4 is 10.6 Å². The number of rotatable bonds is 10. The van der Waals surface area contributed by atoms with Crippen LogP contribution in [0, 0.1) is 0 Å². The van der Waals surface area contributed by atoms with Gasteiger partial charge in [-0.25, -0.2) is 9.59 Å². The Hall–Kier alpha value is -3.60. The Kier molecular flexibility index (Phi) is 8.34. The number of hydrogen-bond acceptors (Lipinski definition) is 5. The number of hydrogen-bond donors (Lipinski definition) is 3. The number of amides is 2. The standard InChI is InChI=1S/C24H25F3N2O6/c1-34-13-19(22(31)32)28-21(30)11-10-20(24(25,26)27)29-23(33)35-12-18-16-8-4-2-6-14(16)15-7-3-5-9-17(15)18/h2-9,18-20H,10-13H2,1H3,(H,28,30)(H,29,33)(H,31,32)/t19?,20-/m0/s1. The van der Waals surface area contributed by atoms with Crippen molar-refractivity contribution in [1.82, 2.24) is 10.6 Å². The van der Waals surface area contributed by atoms with Crippen LogP contribution in [0.4, 0.5) is 18.0 Å². The van der Waals surface area contributed by atoms with Crippen LogP contribution in [-0.2, 0) is 19.1 Å². The summed E-state index contributed by atoms with van der Waals surface area (Å²) in [6.45, 7) is -0.510. The number of ether oxygens (including phenoxy) is 2. The number of alkyl carbamates (subject to hydrolysis) is 1. The third kappa shape index (κ3) is 6.50. The summed E-state index contributed by atoms with van der Waals surface area (Å²) in [6.07, 6.45) is -7.57. The molecule has 0 aromatic heterocycles. The van der Waals surface area contributed by atoms with Crippen LogP contribution in [-0.4, -0.2) is 61.7 Å². The molecule has 2 atom stereocenters. The first kappa shape index (κ1) is 26.0. The molecule has 1 aliphatic carbocycles. The summed E-state index contributed by atoms with van der Waals surface area (Å²) in [6, 6.07) is 11.3. The third-order valence-corrected chi connectivity index (χ3v) is 5.66. The van der Waals surface area contributed by atoms with Crippen LogP contribution in [0.25, 0.3) is 11.1 Å². The lowest BCUT2D eigenvalue weighted by molar-refractivity contribution is -0.157. The van der Waals surface area contributed by atoms with E-state index in [9.17, 15) is 27.6 Å². The molecule has 35 heavy (non-hydrogen) atoms. The summed E-state index contributed by atoms with van der Waals surface area (Å²) in [5.41, 5.74) is 3.78. The summed E-state index contributed by atoms with van der Waals surface area (Å²) in [4.78, 5) is 35.2. The van der Waals surface area contributed by atoms with E-state index in [4.69, 9.17) is 9.84 Å². The fraction of sp³-hybridized carbons (Fsp3) is 0.375. The number of carbonyl (C=O) groups is 3. The lowest BCUT2D eigenvalue weighted by atomic mass is 9.98. The molecule has 2 aromatic rings. The Labute approximate surface area is 199 Å². The van der Waals surface area contributed by atoms with Gasteiger partial charge in [0.15, 0.2) is 6.04 Å². The molecule has 0 fully saturated rings. The number of nitrogens with one attached hydrogen (secondary N) is 2. The van der Waals surface area contributed by atoms with Gasteiger partial charge in [0, 0.05) is 19.4 Å². The molecular formula is C24H25F3N2O6. The topological polar surface area (TPSA) is 114 Å². The van der Waals surface area contributed by atoms with Gasteiger partial charge in [-0.1, -0.05) is 48.5 Å². The van der Waals surface area contributed by atoms with E-state index < -0.39 is 49.1 Å². The third-order valence-electron chi connectivity index (χ3n) is 5.66. The van der Waals surface area contributed by atoms with Crippen molar-refractivity contribution in [2.24, 2.45) is 0 Å². The minimum atomic E-state index is -4.84. The summed E-state index contributed by atoms with van der Waals surface area (Å²) >= 11 is 0. The fourth-order valence-electron chi connectivity index (χ4n) is 3.98. The molecule has 8 nitrogen and oxygen atoms in total. The Bertz CT molecular complexity index is 1030. The fourth-order valence-corrected chi connectivity index (χ4v) is 3.98. The van der Waals surface area contributed by atoms with Crippen molar-refractivity contribution in [1.29, 1.82) is 0 Å². The van der Waals surface area contributed by atoms with Crippen molar-refractivity contribution < 1.29 is 42.1 Å². The first-order valence-electron chi connectivity index (χ1n) is 10.8. The van der Waals surface area contributed by atoms with Gasteiger partial charge in [0.25, 0.3) is 0 Å². The maximum atomic E-state index is 13.5. The first-order valence-corrected chi connectivity index (χ1v) is 10.8. The van der Waals surface area contributed by atoms with Gasteiger partial charge in [0.1, 0.15) is 12.6 Å². The molecule has 3 rings (SSSR count). The average Bonchev–Trinajstić information content (AvgIpc) is 3.13. The summed E-state index contributed by atoms with van der Waals surface area (Å²) in [5, 5.41) is 12.9. The maximum Gasteiger partial charge on any atom is 0.408 e. The SMILES string of the molecule is COCC(NC(=O)CC[C@H](NC(=O)OCC1c2ccccc2-c2ccccc21)C(F)(F)F)C(=O)O. The Morgan fingerprint density at radius 3 is 2.09 bits per heavy atom. The van der Waals surface area contributed by atoms with Crippen molar-refractivity contribution in [2.45, 2.75) is 37.0 Å². The van der Waals surface area contributed by atoms with Crippen LogP contribution in [0.2, 0.25) is 0 Å². The number of halogens is 3. The number of carbonyl (C=O) groups excluding carboxylic acids is 2. The molecule has 1 unspecified atom stereocenters. The summed E-state index contributed by atoms with van der Waals surface area (Å²) < 4.78 is 50.2. The van der Waals surface area contributed by atoms with E-state index in [1.54, 1.807) is 5.32 Å². The van der Waals surface area contributed by atoms with Gasteiger partial charge in [0.2, 0.25) is 5.91 Å². The molecule has 0 spiro atoms. The molecule has 0 heterocycles. The van der Waals surface area contributed by atoms with Crippen LogP contribution in [0.3, 0.4) is 0 Å². The predicted octanol–water partition coefficient (Wildman–Crippen LogP) is 3.45. The average molecular weight is 494 g/mol. The number of methoxy groups -OCH3 is 1. The normalized spacial score (nSPS) is 14.4. The van der Waals surface area contributed by atoms with Gasteiger partial charge in [-0.3, -0.25) is 4.79 Å². The van der Waals surface area contributed by atoms with Crippen LogP contribution in [0.15, 0.2) is 48.5 Å². The zero-order valence-electron chi connectivity index (χ0n) is 18.8. The Morgan fingerprint density at radius 2 is 1.57 bits per heavy atom. The Balaban J connectivity index is 1.59. The number of carboxylic acid groups (broad SMARTS) is 1. The molecular weight excluding hydrogens is 469 g/mol. The molecule has 0 saturated heterocycles. The second-order valence-electron chi connectivity index (χ2n) is 8.02. The van der Waals surface area contributed by atoms with Gasteiger partial charge in [0.05, 0.1) is 6.61 Å². The molecule has 0 radical (unpaired) electrons. The lowest BCUT2D eigenvalue weighted by Crippen LogP contribution is -2.47. The molecule has 0 bridgehead atoms. The van der Waals surface area contributed by atoms with E-state index in [-0.39, 0.29) is 19.1 Å². The molecule has 1 aliphatic rings. The molecule has 0 aliphatic heterocycles. The van der Waals surface area contributed by atoms with Gasteiger partial charge in [-0.15, -0.1) is 0 Å². The van der Waals surface area contributed by atoms with E-state index >= 15 is 0 Å². The van der Waals surface area contributed by atoms with Crippen molar-refractivity contribution in [3.8, 4) is 11.1 Å². The van der Waals surface area contributed by atoms with E-state index in [1.165, 1.54) is 7.11 Å². The number of carboxylic acids is 1. The van der Waals surface area contributed by atoms with Crippen LogP contribution >= 0.6 is 0 Å². The summed E-state index contributed by atoms with van der Waals surface area (Å²) in [5.74, 6) is -2.63. The van der Waals surface area contributed by atoms with Gasteiger partial charge in [-0.05, 0) is 28.7 Å². The van der Waals surface area contributed by atoms with E-state index in [0.717, 1.165) is 22.3 Å². The van der Waals surface area contributed by atoms with Gasteiger partial charge >= 0.3 is 18.2 Å². The number of aliphatic carboxylic acids is 1. The highest BCUT2D eigenvalue weighted by Gasteiger charge is 2.41. The lowest BCUT2D eigenvalue weighted by Gasteiger charge is -2.22. The zero-order chi connectivity index (χ0) is 25.6. The predicted molar refractivity (Wildman–Crippen MR) is 119 cm³/mol. The molecule has 11 heteroatoms. The summed E-state index contributed by atoms with van der Waals surface area (Å²) in [7, 11) is 1.22. The smallest absolute Gasteiger partial charge is 0.408 e. The highest BCUT2D eigenvalue weighted by molar-refractivity contribution is 5.83. The second kappa shape index (κ2) is 11.2. The molecule has 0 saturated carbocycles. The zero-order valence-corrected chi connectivity index (χ0v) is 18.8. The highest BCUT2D eigenvalue weighted by Crippen LogP contribution is 2.44. The molecule has 2 aromatic carbocycles. The molecule has 2 amide bonds. The number of alkyl halides is 3. The minimum Gasteiger partial charge on any atom is -0.480 e. The van der Waals surface area contributed by atoms with Gasteiger partial charge in [-0.2, -0.15) is 13.2 Å². The minimum absolute atomic E-state index is 0.164. The molecule has 3 N–H and O–H groups in total. The second-order valence-corrected chi connectivity index (χ2v) is 8.02. The van der Waals surface area contributed by atoms with E-state index in [0.29, 0.717) is 0 Å². The number of fused-ring (bicyclic) bond motifs is 3. The van der Waals surface area contributed by atoms with Crippen molar-refractivity contribution in [3.63, 3.8) is 0 Å². The maximum absolute atomic E-state index is 13.5. The monoisotopic (exact) mass is 494 g/mol. The van der Waals surface area contributed by atoms with Crippen molar-refractivity contribution >= 4 is 18.0 Å². The van der Waals surface area contributed by atoms with Crippen LogP contribution in [0.1, 0.15) is 29.9 Å². The highest BCUT2D eigenvalue weighted by atomic mass is 19.4.